The summed E-state index contributed by atoms with van der Waals surface area (Å²) in [5, 5.41) is -0.970. The van der Waals surface area contributed by atoms with E-state index in [4.69, 9.17) is 23.2 Å². The Morgan fingerprint density at radius 1 is 0.977 bits per heavy atom. The third-order valence-corrected chi connectivity index (χ3v) is 8.11. The first-order chi connectivity index (χ1) is 19.8. The third kappa shape index (κ3) is 8.00. The fourth-order valence-corrected chi connectivity index (χ4v) is 5.81. The van der Waals surface area contributed by atoms with Crippen LogP contribution in [0.5, 0.6) is 0 Å². The zero-order valence-electron chi connectivity index (χ0n) is 23.3. The van der Waals surface area contributed by atoms with Gasteiger partial charge in [0.1, 0.15) is 5.82 Å². The van der Waals surface area contributed by atoms with E-state index in [2.05, 4.69) is 6.58 Å². The average Bonchev–Trinajstić information content (AvgIpc) is 3.15. The molecule has 0 atom stereocenters. The second kappa shape index (κ2) is 13.0. The minimum Gasteiger partial charge on any atom is -0.342 e. The van der Waals surface area contributed by atoms with Crippen LogP contribution in [-0.4, -0.2) is 38.4 Å². The normalized spacial score (nSPS) is 15.1. The first kappa shape index (κ1) is 34.6. The van der Waals surface area contributed by atoms with E-state index in [0.717, 1.165) is 12.1 Å². The van der Waals surface area contributed by atoms with Crippen molar-refractivity contribution >= 4 is 50.4 Å². The lowest BCUT2D eigenvalue weighted by atomic mass is 10.1. The Morgan fingerprint density at radius 2 is 1.53 bits per heavy atom. The summed E-state index contributed by atoms with van der Waals surface area (Å²) in [5.74, 6) is -0.199. The molecule has 236 valence electrons. The number of aryl methyl sites for hydroxylation is 1. The summed E-state index contributed by atoms with van der Waals surface area (Å²) in [4.78, 5) is 4.84. The van der Waals surface area contributed by atoms with Crippen molar-refractivity contribution in [2.24, 2.45) is 0 Å². The summed E-state index contributed by atoms with van der Waals surface area (Å²) in [5.41, 5.74) is -0.380. The number of benzene rings is 2. The molecule has 1 aliphatic heterocycles. The van der Waals surface area contributed by atoms with Crippen molar-refractivity contribution in [2.75, 3.05) is 40.1 Å². The number of hydrogen-bond donors (Lipinski definition) is 1. The van der Waals surface area contributed by atoms with E-state index in [-0.39, 0.29) is 18.7 Å². The van der Waals surface area contributed by atoms with Crippen LogP contribution in [0.25, 0.3) is 0 Å². The van der Waals surface area contributed by atoms with Gasteiger partial charge in [0.15, 0.2) is 0 Å². The summed E-state index contributed by atoms with van der Waals surface area (Å²) in [6.45, 7) is 9.66. The zero-order valence-corrected chi connectivity index (χ0v) is 25.6. The lowest BCUT2D eigenvalue weighted by Gasteiger charge is -2.27. The number of likely N-dealkylation sites (N-methyl/N-ethyl adjacent to an activating group) is 1. The maximum absolute atomic E-state index is 13.7. The van der Waals surface area contributed by atoms with Gasteiger partial charge in [-0.2, -0.15) is 34.8 Å². The highest BCUT2D eigenvalue weighted by Gasteiger charge is 2.38. The van der Waals surface area contributed by atoms with Crippen LogP contribution in [0.1, 0.15) is 37.0 Å². The van der Waals surface area contributed by atoms with Gasteiger partial charge in [-0.05, 0) is 69.2 Å². The lowest BCUT2D eigenvalue weighted by Crippen LogP contribution is -2.29. The first-order valence-corrected chi connectivity index (χ1v) is 15.3. The number of nitrogens with zero attached hydrogens (tertiary/aromatic N) is 3. The second-order valence-electron chi connectivity index (χ2n) is 9.59. The molecular formula is C28H29Cl2F6N3O3S. The molecule has 1 N–H and O–H groups in total. The van der Waals surface area contributed by atoms with Crippen molar-refractivity contribution in [1.29, 1.82) is 0 Å². The van der Waals surface area contributed by atoms with Crippen molar-refractivity contribution in [3.05, 3.63) is 87.3 Å². The number of hydrogen-bond acceptors (Lipinski definition) is 5. The minimum absolute atomic E-state index is 0.0484. The van der Waals surface area contributed by atoms with Crippen molar-refractivity contribution in [3.8, 4) is 0 Å². The number of alkyl halides is 6. The van der Waals surface area contributed by atoms with Gasteiger partial charge in [-0.15, -0.1) is 0 Å². The van der Waals surface area contributed by atoms with Crippen LogP contribution in [-0.2, 0) is 22.5 Å². The standard InChI is InChI=1S/C28H29Cl2F6N3O3S/c1-5-37(23-15-21(29)19(13-17(23)3)27(31,32)33)18(4)9-7-10-26-38(6-2)25-16-22(30)20(28(34,35)36)14-24(25)39(26)11-8-12-43(40,41)42/h7,9-10,13-16H,4-6,8,11-12H2,1-3H3,(H,40,41,42)/b9-7+,26-10+. The number of anilines is 3. The lowest BCUT2D eigenvalue weighted by molar-refractivity contribution is -0.138. The Bertz CT molecular complexity index is 1560. The molecule has 0 fully saturated rings. The van der Waals surface area contributed by atoms with E-state index >= 15 is 0 Å². The Balaban J connectivity index is 2.01. The van der Waals surface area contributed by atoms with E-state index in [9.17, 15) is 39.3 Å². The molecule has 0 amide bonds. The van der Waals surface area contributed by atoms with Gasteiger partial charge >= 0.3 is 12.4 Å². The first-order valence-electron chi connectivity index (χ1n) is 12.9. The predicted octanol–water partition coefficient (Wildman–Crippen LogP) is 8.70. The molecule has 6 nitrogen and oxygen atoms in total. The Morgan fingerprint density at radius 3 is 2.07 bits per heavy atom. The van der Waals surface area contributed by atoms with Crippen LogP contribution < -0.4 is 14.7 Å². The molecule has 0 saturated carbocycles. The van der Waals surface area contributed by atoms with Crippen molar-refractivity contribution in [3.63, 3.8) is 0 Å². The van der Waals surface area contributed by atoms with Crippen LogP contribution in [0.4, 0.5) is 43.4 Å². The fraction of sp³-hybridized carbons (Fsp3) is 0.357. The zero-order chi connectivity index (χ0) is 32.5. The molecule has 0 unspecified atom stereocenters. The molecule has 0 radical (unpaired) electrons. The topological polar surface area (TPSA) is 64.1 Å². The molecule has 1 heterocycles. The van der Waals surface area contributed by atoms with Crippen LogP contribution in [0.2, 0.25) is 10.0 Å². The molecule has 43 heavy (non-hydrogen) atoms. The van der Waals surface area contributed by atoms with Crippen LogP contribution >= 0.6 is 23.2 Å². The maximum Gasteiger partial charge on any atom is 0.417 e. The van der Waals surface area contributed by atoms with Gasteiger partial charge in [-0.3, -0.25) is 4.55 Å². The van der Waals surface area contributed by atoms with Crippen LogP contribution in [0, 0.1) is 6.92 Å². The largest absolute Gasteiger partial charge is 0.417 e. The molecule has 0 aliphatic carbocycles. The van der Waals surface area contributed by atoms with Gasteiger partial charge in [-0.25, -0.2) is 0 Å². The molecule has 0 saturated heterocycles. The van der Waals surface area contributed by atoms with Crippen molar-refractivity contribution < 1.29 is 39.3 Å². The van der Waals surface area contributed by atoms with Gasteiger partial charge in [-0.1, -0.05) is 35.9 Å². The number of allylic oxidation sites excluding steroid dienone is 3. The highest BCUT2D eigenvalue weighted by molar-refractivity contribution is 7.85. The van der Waals surface area contributed by atoms with E-state index in [1.807, 2.05) is 0 Å². The molecule has 0 bridgehead atoms. The highest BCUT2D eigenvalue weighted by Crippen LogP contribution is 2.48. The van der Waals surface area contributed by atoms with Gasteiger partial charge in [0.05, 0.1) is 38.3 Å². The molecule has 15 heteroatoms. The Labute approximate surface area is 256 Å². The minimum atomic E-state index is -4.74. The molecule has 0 aromatic heterocycles. The molecule has 1 aliphatic rings. The fourth-order valence-electron chi connectivity index (χ4n) is 4.79. The quantitative estimate of drug-likeness (QED) is 0.155. The monoisotopic (exact) mass is 671 g/mol. The summed E-state index contributed by atoms with van der Waals surface area (Å²) < 4.78 is 113. The molecule has 0 spiro atoms. The van der Waals surface area contributed by atoms with E-state index in [1.54, 1.807) is 41.9 Å². The maximum atomic E-state index is 13.7. The number of fused-ring (bicyclic) bond motifs is 1. The van der Waals surface area contributed by atoms with Crippen molar-refractivity contribution in [2.45, 2.75) is 39.5 Å². The van der Waals surface area contributed by atoms with E-state index < -0.39 is 49.4 Å². The third-order valence-electron chi connectivity index (χ3n) is 6.68. The van der Waals surface area contributed by atoms with E-state index in [1.165, 1.54) is 24.0 Å². The van der Waals surface area contributed by atoms with Gasteiger partial charge in [0.25, 0.3) is 10.1 Å². The number of halogens is 8. The smallest absolute Gasteiger partial charge is 0.342 e. The van der Waals surface area contributed by atoms with Crippen molar-refractivity contribution in [1.82, 2.24) is 0 Å². The summed E-state index contributed by atoms with van der Waals surface area (Å²) in [6, 6.07) is 4.26. The summed E-state index contributed by atoms with van der Waals surface area (Å²) >= 11 is 11.9. The Hall–Kier alpha value is -2.87. The molecule has 2 aromatic rings. The van der Waals surface area contributed by atoms with Crippen LogP contribution in [0.3, 0.4) is 0 Å². The summed E-state index contributed by atoms with van der Waals surface area (Å²) in [7, 11) is -4.32. The van der Waals surface area contributed by atoms with Gasteiger partial charge < -0.3 is 14.7 Å². The average molecular weight is 673 g/mol. The summed E-state index contributed by atoms with van der Waals surface area (Å²) in [6.07, 6.45) is -4.73. The molecule has 2 aromatic carbocycles. The highest BCUT2D eigenvalue weighted by atomic mass is 35.5. The van der Waals surface area contributed by atoms with Gasteiger partial charge in [0.2, 0.25) is 0 Å². The molecule has 3 rings (SSSR count). The molecular weight excluding hydrogens is 643 g/mol. The second-order valence-corrected chi connectivity index (χ2v) is 12.0. The van der Waals surface area contributed by atoms with Crippen LogP contribution in [0.15, 0.2) is 60.6 Å². The number of rotatable bonds is 10. The van der Waals surface area contributed by atoms with Gasteiger partial charge in [0, 0.05) is 31.0 Å². The predicted molar refractivity (Wildman–Crippen MR) is 158 cm³/mol. The Kier molecular flexibility index (Phi) is 10.5. The van der Waals surface area contributed by atoms with E-state index in [0.29, 0.717) is 41.5 Å². The SMILES string of the molecule is C=C(/C=C/C=C1\N(CC)c2cc(Cl)c(C(F)(F)F)cc2N1CCCS(=O)(=O)O)N(CC)c1cc(Cl)c(C(F)(F)F)cc1C.